The summed E-state index contributed by atoms with van der Waals surface area (Å²) in [5.41, 5.74) is 1.87. The predicted molar refractivity (Wildman–Crippen MR) is 108 cm³/mol. The van der Waals surface area contributed by atoms with E-state index in [4.69, 9.17) is 21.1 Å². The Balaban J connectivity index is 1.38. The molecular formula is C22H22ClFN2O2. The largest absolute Gasteiger partial charge is 0.489 e. The quantitative estimate of drug-likeness (QED) is 0.486. The molecule has 6 heteroatoms. The van der Waals surface area contributed by atoms with Crippen LogP contribution in [0.3, 0.4) is 0 Å². The van der Waals surface area contributed by atoms with E-state index in [2.05, 4.69) is 10.3 Å². The molecule has 0 saturated heterocycles. The van der Waals surface area contributed by atoms with E-state index in [-0.39, 0.29) is 5.82 Å². The second-order valence-electron chi connectivity index (χ2n) is 6.22. The summed E-state index contributed by atoms with van der Waals surface area (Å²) in [4.78, 5) is 4.12. The first kappa shape index (κ1) is 20.1. The number of halogens is 2. The Morgan fingerprint density at radius 3 is 2.75 bits per heavy atom. The average Bonchev–Trinajstić information content (AvgIpc) is 2.71. The lowest BCUT2D eigenvalue weighted by molar-refractivity contribution is 0.296. The van der Waals surface area contributed by atoms with Crippen LogP contribution in [0.5, 0.6) is 11.6 Å². The van der Waals surface area contributed by atoms with Crippen molar-refractivity contribution in [3.05, 3.63) is 88.8 Å². The first-order valence-electron chi connectivity index (χ1n) is 9.11. The molecule has 1 N–H and O–H groups in total. The van der Waals surface area contributed by atoms with Crippen LogP contribution in [-0.2, 0) is 13.2 Å². The third kappa shape index (κ3) is 6.51. The molecule has 1 heterocycles. The number of aromatic nitrogens is 1. The lowest BCUT2D eigenvalue weighted by Gasteiger charge is -2.10. The first-order chi connectivity index (χ1) is 13.7. The third-order valence-corrected chi connectivity index (χ3v) is 4.37. The average molecular weight is 401 g/mol. The zero-order valence-corrected chi connectivity index (χ0v) is 16.2. The Morgan fingerprint density at radius 1 is 1.00 bits per heavy atom. The molecule has 146 valence electrons. The van der Waals surface area contributed by atoms with Crippen LogP contribution in [0.15, 0.2) is 66.9 Å². The van der Waals surface area contributed by atoms with Crippen molar-refractivity contribution in [3.8, 4) is 11.6 Å². The highest BCUT2D eigenvalue weighted by molar-refractivity contribution is 6.31. The Labute approximate surface area is 169 Å². The number of nitrogens with zero attached hydrogens (tertiary/aromatic N) is 1. The van der Waals surface area contributed by atoms with E-state index in [1.165, 1.54) is 12.1 Å². The molecule has 28 heavy (non-hydrogen) atoms. The van der Waals surface area contributed by atoms with Crippen LogP contribution < -0.4 is 14.8 Å². The van der Waals surface area contributed by atoms with Crippen molar-refractivity contribution in [1.82, 2.24) is 10.3 Å². The van der Waals surface area contributed by atoms with E-state index in [1.807, 2.05) is 42.5 Å². The van der Waals surface area contributed by atoms with Gasteiger partial charge in [-0.15, -0.1) is 0 Å². The van der Waals surface area contributed by atoms with Crippen molar-refractivity contribution >= 4 is 11.6 Å². The number of ether oxygens (including phenoxy) is 2. The highest BCUT2D eigenvalue weighted by atomic mass is 35.5. The fourth-order valence-electron chi connectivity index (χ4n) is 2.58. The van der Waals surface area contributed by atoms with Crippen molar-refractivity contribution in [2.45, 2.75) is 19.6 Å². The van der Waals surface area contributed by atoms with Crippen LogP contribution >= 0.6 is 11.6 Å². The van der Waals surface area contributed by atoms with Gasteiger partial charge in [-0.1, -0.05) is 35.9 Å². The first-order valence-corrected chi connectivity index (χ1v) is 9.49. The molecule has 0 atom stereocenters. The standard InChI is InChI=1S/C22H22ClFN2O2/c23-21-14-19(24)9-8-18(21)16-28-20-6-3-5-17(13-20)15-25-10-4-12-27-22-7-1-2-11-26-22/h1-3,5-9,11,13-14,25H,4,10,12,15-16H2. The predicted octanol–water partition coefficient (Wildman–Crippen LogP) is 5.01. The zero-order chi connectivity index (χ0) is 19.6. The van der Waals surface area contributed by atoms with Gasteiger partial charge in [-0.3, -0.25) is 0 Å². The molecule has 0 saturated carbocycles. The van der Waals surface area contributed by atoms with Crippen molar-refractivity contribution in [2.24, 2.45) is 0 Å². The minimum atomic E-state index is -0.354. The van der Waals surface area contributed by atoms with Crippen LogP contribution in [0.25, 0.3) is 0 Å². The number of hydrogen-bond donors (Lipinski definition) is 1. The van der Waals surface area contributed by atoms with Gasteiger partial charge in [0.1, 0.15) is 18.2 Å². The number of pyridine rings is 1. The van der Waals surface area contributed by atoms with E-state index in [9.17, 15) is 4.39 Å². The molecule has 1 aromatic heterocycles. The van der Waals surface area contributed by atoms with Gasteiger partial charge in [0, 0.05) is 24.4 Å². The van der Waals surface area contributed by atoms with Crippen molar-refractivity contribution in [1.29, 1.82) is 0 Å². The monoisotopic (exact) mass is 400 g/mol. The van der Waals surface area contributed by atoms with Gasteiger partial charge in [0.15, 0.2) is 0 Å². The maximum Gasteiger partial charge on any atom is 0.213 e. The molecule has 0 aliphatic carbocycles. The Hall–Kier alpha value is -2.63. The van der Waals surface area contributed by atoms with Gasteiger partial charge in [-0.2, -0.15) is 0 Å². The van der Waals surface area contributed by atoms with Crippen LogP contribution in [-0.4, -0.2) is 18.1 Å². The summed E-state index contributed by atoms with van der Waals surface area (Å²) in [6.45, 7) is 2.48. The topological polar surface area (TPSA) is 43.4 Å². The lowest BCUT2D eigenvalue weighted by Crippen LogP contribution is -2.17. The molecule has 0 aliphatic heterocycles. The van der Waals surface area contributed by atoms with Crippen molar-refractivity contribution < 1.29 is 13.9 Å². The third-order valence-electron chi connectivity index (χ3n) is 4.02. The second kappa shape index (κ2) is 10.6. The molecule has 0 fully saturated rings. The number of nitrogens with one attached hydrogen (secondary N) is 1. The van der Waals surface area contributed by atoms with Crippen molar-refractivity contribution in [2.75, 3.05) is 13.2 Å². The number of hydrogen-bond acceptors (Lipinski definition) is 4. The summed E-state index contributed by atoms with van der Waals surface area (Å²) in [6.07, 6.45) is 2.60. The van der Waals surface area contributed by atoms with Gasteiger partial charge in [-0.05, 0) is 48.9 Å². The van der Waals surface area contributed by atoms with Crippen LogP contribution in [0.1, 0.15) is 17.5 Å². The SMILES string of the molecule is Fc1ccc(COc2cccc(CNCCCOc3ccccn3)c2)c(Cl)c1. The minimum absolute atomic E-state index is 0.293. The Morgan fingerprint density at radius 2 is 1.93 bits per heavy atom. The normalized spacial score (nSPS) is 10.6. The molecule has 3 aromatic rings. The summed E-state index contributed by atoms with van der Waals surface area (Å²) < 4.78 is 24.5. The highest BCUT2D eigenvalue weighted by Crippen LogP contribution is 2.20. The molecule has 3 rings (SSSR count). The van der Waals surface area contributed by atoms with Gasteiger partial charge < -0.3 is 14.8 Å². The van der Waals surface area contributed by atoms with Gasteiger partial charge in [0.2, 0.25) is 5.88 Å². The smallest absolute Gasteiger partial charge is 0.213 e. The van der Waals surface area contributed by atoms with E-state index in [0.717, 1.165) is 36.4 Å². The summed E-state index contributed by atoms with van der Waals surface area (Å²) in [5.74, 6) is 1.04. The lowest BCUT2D eigenvalue weighted by atomic mass is 10.2. The van der Waals surface area contributed by atoms with Crippen LogP contribution in [0.2, 0.25) is 5.02 Å². The summed E-state index contributed by atoms with van der Waals surface area (Å²) in [7, 11) is 0. The fraction of sp³-hybridized carbons (Fsp3) is 0.227. The van der Waals surface area contributed by atoms with Gasteiger partial charge in [0.25, 0.3) is 0 Å². The minimum Gasteiger partial charge on any atom is -0.489 e. The fourth-order valence-corrected chi connectivity index (χ4v) is 2.81. The molecule has 0 spiro atoms. The number of benzene rings is 2. The molecule has 0 aliphatic rings. The van der Waals surface area contributed by atoms with Gasteiger partial charge in [0.05, 0.1) is 11.6 Å². The van der Waals surface area contributed by atoms with Crippen molar-refractivity contribution in [3.63, 3.8) is 0 Å². The van der Waals surface area contributed by atoms with Gasteiger partial charge in [-0.25, -0.2) is 9.37 Å². The van der Waals surface area contributed by atoms with E-state index >= 15 is 0 Å². The Bertz CT molecular complexity index is 877. The van der Waals surface area contributed by atoms with Gasteiger partial charge >= 0.3 is 0 Å². The Kier molecular flexibility index (Phi) is 7.64. The maximum atomic E-state index is 13.1. The molecular weight excluding hydrogens is 379 g/mol. The molecule has 2 aromatic carbocycles. The van der Waals surface area contributed by atoms with E-state index < -0.39 is 0 Å². The molecule has 0 bridgehead atoms. The molecule has 0 amide bonds. The molecule has 4 nitrogen and oxygen atoms in total. The summed E-state index contributed by atoms with van der Waals surface area (Å²) in [5, 5.41) is 3.75. The summed E-state index contributed by atoms with van der Waals surface area (Å²) >= 11 is 6.03. The molecule has 0 radical (unpaired) electrons. The maximum absolute atomic E-state index is 13.1. The molecule has 0 unspecified atom stereocenters. The zero-order valence-electron chi connectivity index (χ0n) is 15.4. The second-order valence-corrected chi connectivity index (χ2v) is 6.63. The highest BCUT2D eigenvalue weighted by Gasteiger charge is 2.04. The van der Waals surface area contributed by atoms with Crippen LogP contribution in [0, 0.1) is 5.82 Å². The number of rotatable bonds is 10. The van der Waals surface area contributed by atoms with Crippen LogP contribution in [0.4, 0.5) is 4.39 Å². The van der Waals surface area contributed by atoms with E-state index in [0.29, 0.717) is 24.1 Å². The van der Waals surface area contributed by atoms with E-state index in [1.54, 1.807) is 12.3 Å². The summed E-state index contributed by atoms with van der Waals surface area (Å²) in [6, 6.07) is 17.8.